The molecule has 0 N–H and O–H groups in total. The standard InChI is InChI=1S/C9H8N2O2/c10-4-7-3-8(6-11-5-7)9-12-1-2-13-9/h3,5-6,9H,1-2H2. The molecule has 0 radical (unpaired) electrons. The summed E-state index contributed by atoms with van der Waals surface area (Å²) in [5.41, 5.74) is 1.33. The second kappa shape index (κ2) is 3.52. The van der Waals surface area contributed by atoms with Gasteiger partial charge in [0.1, 0.15) is 6.07 Å². The molecule has 1 fully saturated rings. The fourth-order valence-electron chi connectivity index (χ4n) is 1.20. The van der Waals surface area contributed by atoms with E-state index in [-0.39, 0.29) is 6.29 Å². The maximum atomic E-state index is 8.63. The summed E-state index contributed by atoms with van der Waals surface area (Å²) < 4.78 is 10.5. The number of nitrogens with zero attached hydrogens (tertiary/aromatic N) is 2. The Bertz CT molecular complexity index is 340. The lowest BCUT2D eigenvalue weighted by atomic mass is 10.2. The molecule has 0 unspecified atom stereocenters. The Labute approximate surface area is 75.7 Å². The molecule has 0 spiro atoms. The molecule has 1 aliphatic rings. The summed E-state index contributed by atoms with van der Waals surface area (Å²) in [6, 6.07) is 3.74. The molecule has 2 heterocycles. The summed E-state index contributed by atoms with van der Waals surface area (Å²) in [6.45, 7) is 1.20. The van der Waals surface area contributed by atoms with E-state index in [0.717, 1.165) is 5.56 Å². The van der Waals surface area contributed by atoms with Gasteiger partial charge < -0.3 is 9.47 Å². The van der Waals surface area contributed by atoms with Gasteiger partial charge in [-0.15, -0.1) is 0 Å². The number of hydrogen-bond donors (Lipinski definition) is 0. The van der Waals surface area contributed by atoms with Crippen LogP contribution in [-0.4, -0.2) is 18.2 Å². The first-order valence-corrected chi connectivity index (χ1v) is 3.98. The van der Waals surface area contributed by atoms with Crippen molar-refractivity contribution < 1.29 is 9.47 Å². The van der Waals surface area contributed by atoms with Crippen molar-refractivity contribution in [1.29, 1.82) is 5.26 Å². The van der Waals surface area contributed by atoms with Crippen LogP contribution in [0.15, 0.2) is 18.5 Å². The van der Waals surface area contributed by atoms with E-state index in [1.807, 2.05) is 6.07 Å². The average Bonchev–Trinajstić information content (AvgIpc) is 2.71. The molecule has 0 amide bonds. The van der Waals surface area contributed by atoms with E-state index in [9.17, 15) is 0 Å². The lowest BCUT2D eigenvalue weighted by Crippen LogP contribution is -1.98. The largest absolute Gasteiger partial charge is 0.346 e. The molecule has 1 aromatic rings. The third kappa shape index (κ3) is 1.66. The first-order chi connectivity index (χ1) is 6.40. The van der Waals surface area contributed by atoms with Crippen LogP contribution in [0, 0.1) is 11.3 Å². The Morgan fingerprint density at radius 3 is 2.85 bits per heavy atom. The van der Waals surface area contributed by atoms with Crippen LogP contribution in [0.5, 0.6) is 0 Å². The molecule has 2 rings (SSSR count). The van der Waals surface area contributed by atoms with Crippen molar-refractivity contribution in [2.24, 2.45) is 0 Å². The molecule has 0 saturated carbocycles. The van der Waals surface area contributed by atoms with Crippen molar-refractivity contribution in [3.63, 3.8) is 0 Å². The van der Waals surface area contributed by atoms with Crippen LogP contribution in [0.4, 0.5) is 0 Å². The number of pyridine rings is 1. The summed E-state index contributed by atoms with van der Waals surface area (Å²) in [6.07, 6.45) is 2.82. The number of rotatable bonds is 1. The summed E-state index contributed by atoms with van der Waals surface area (Å²) in [5.74, 6) is 0. The zero-order chi connectivity index (χ0) is 9.10. The molecule has 0 aromatic carbocycles. The molecular weight excluding hydrogens is 168 g/mol. The van der Waals surface area contributed by atoms with Gasteiger partial charge in [0.15, 0.2) is 6.29 Å². The van der Waals surface area contributed by atoms with Crippen molar-refractivity contribution in [1.82, 2.24) is 4.98 Å². The SMILES string of the molecule is N#Cc1cncc(C2OCCO2)c1. The highest BCUT2D eigenvalue weighted by atomic mass is 16.7. The monoisotopic (exact) mass is 176 g/mol. The smallest absolute Gasteiger partial charge is 0.185 e. The minimum absolute atomic E-state index is 0.346. The number of aromatic nitrogens is 1. The second-order valence-electron chi connectivity index (χ2n) is 2.69. The van der Waals surface area contributed by atoms with E-state index in [0.29, 0.717) is 18.8 Å². The quantitative estimate of drug-likeness (QED) is 0.640. The average molecular weight is 176 g/mol. The lowest BCUT2D eigenvalue weighted by Gasteiger charge is -2.07. The Kier molecular flexibility index (Phi) is 2.21. The molecule has 1 aliphatic heterocycles. The van der Waals surface area contributed by atoms with Crippen molar-refractivity contribution >= 4 is 0 Å². The van der Waals surface area contributed by atoms with E-state index in [2.05, 4.69) is 4.98 Å². The molecular formula is C9H8N2O2. The van der Waals surface area contributed by atoms with Gasteiger partial charge >= 0.3 is 0 Å². The molecule has 0 atom stereocenters. The maximum absolute atomic E-state index is 8.63. The third-order valence-electron chi connectivity index (χ3n) is 1.78. The summed E-state index contributed by atoms with van der Waals surface area (Å²) in [7, 11) is 0. The fourth-order valence-corrected chi connectivity index (χ4v) is 1.20. The molecule has 4 heteroatoms. The highest BCUT2D eigenvalue weighted by Crippen LogP contribution is 2.22. The van der Waals surface area contributed by atoms with Crippen LogP contribution in [0.1, 0.15) is 17.4 Å². The van der Waals surface area contributed by atoms with Gasteiger partial charge in [-0.3, -0.25) is 4.98 Å². The fraction of sp³-hybridized carbons (Fsp3) is 0.333. The first-order valence-electron chi connectivity index (χ1n) is 3.98. The van der Waals surface area contributed by atoms with Crippen LogP contribution in [0.3, 0.4) is 0 Å². The molecule has 13 heavy (non-hydrogen) atoms. The van der Waals surface area contributed by atoms with Gasteiger partial charge in [0.25, 0.3) is 0 Å². The predicted octanol–water partition coefficient (Wildman–Crippen LogP) is 0.999. The van der Waals surface area contributed by atoms with E-state index >= 15 is 0 Å². The summed E-state index contributed by atoms with van der Waals surface area (Å²) in [5, 5.41) is 8.63. The maximum Gasteiger partial charge on any atom is 0.185 e. The van der Waals surface area contributed by atoms with Crippen LogP contribution in [0.2, 0.25) is 0 Å². The van der Waals surface area contributed by atoms with Crippen molar-refractivity contribution in [3.05, 3.63) is 29.6 Å². The van der Waals surface area contributed by atoms with E-state index in [1.54, 1.807) is 12.3 Å². The summed E-state index contributed by atoms with van der Waals surface area (Å²) >= 11 is 0. The van der Waals surface area contributed by atoms with Gasteiger partial charge in [0.2, 0.25) is 0 Å². The van der Waals surface area contributed by atoms with Gasteiger partial charge in [-0.1, -0.05) is 0 Å². The van der Waals surface area contributed by atoms with Crippen LogP contribution >= 0.6 is 0 Å². The van der Waals surface area contributed by atoms with Crippen LogP contribution < -0.4 is 0 Å². The second-order valence-corrected chi connectivity index (χ2v) is 2.69. The Hall–Kier alpha value is -1.44. The summed E-state index contributed by atoms with van der Waals surface area (Å²) in [4.78, 5) is 3.92. The number of ether oxygens (including phenoxy) is 2. The van der Waals surface area contributed by atoms with Gasteiger partial charge in [0.05, 0.1) is 18.8 Å². The highest BCUT2D eigenvalue weighted by molar-refractivity contribution is 5.29. The van der Waals surface area contributed by atoms with Crippen molar-refractivity contribution in [2.45, 2.75) is 6.29 Å². The molecule has 66 valence electrons. The van der Waals surface area contributed by atoms with Crippen LogP contribution in [0.25, 0.3) is 0 Å². The molecule has 1 saturated heterocycles. The minimum atomic E-state index is -0.346. The normalized spacial score (nSPS) is 17.2. The lowest BCUT2D eigenvalue weighted by molar-refractivity contribution is -0.0443. The topological polar surface area (TPSA) is 55.1 Å². The number of nitriles is 1. The number of hydrogen-bond acceptors (Lipinski definition) is 4. The van der Waals surface area contributed by atoms with E-state index in [4.69, 9.17) is 14.7 Å². The van der Waals surface area contributed by atoms with E-state index in [1.165, 1.54) is 6.20 Å². The molecule has 4 nitrogen and oxygen atoms in total. The van der Waals surface area contributed by atoms with Gasteiger partial charge in [-0.25, -0.2) is 0 Å². The predicted molar refractivity (Wildman–Crippen MR) is 43.6 cm³/mol. The zero-order valence-corrected chi connectivity index (χ0v) is 6.93. The first kappa shape index (κ1) is 8.17. The van der Waals surface area contributed by atoms with Gasteiger partial charge in [-0.2, -0.15) is 5.26 Å². The Balaban J connectivity index is 2.25. The van der Waals surface area contributed by atoms with E-state index < -0.39 is 0 Å². The van der Waals surface area contributed by atoms with Gasteiger partial charge in [0, 0.05) is 18.0 Å². The molecule has 1 aromatic heterocycles. The minimum Gasteiger partial charge on any atom is -0.346 e. The third-order valence-corrected chi connectivity index (χ3v) is 1.78. The van der Waals surface area contributed by atoms with Crippen LogP contribution in [-0.2, 0) is 9.47 Å². The Morgan fingerprint density at radius 2 is 2.15 bits per heavy atom. The molecule has 0 aliphatic carbocycles. The van der Waals surface area contributed by atoms with Gasteiger partial charge in [-0.05, 0) is 6.07 Å². The zero-order valence-electron chi connectivity index (χ0n) is 6.93. The Morgan fingerprint density at radius 1 is 1.38 bits per heavy atom. The van der Waals surface area contributed by atoms with Crippen molar-refractivity contribution in [2.75, 3.05) is 13.2 Å². The molecule has 0 bridgehead atoms. The van der Waals surface area contributed by atoms with Crippen molar-refractivity contribution in [3.8, 4) is 6.07 Å². The highest BCUT2D eigenvalue weighted by Gasteiger charge is 2.18.